The molecule has 0 spiro atoms. The third-order valence-electron chi connectivity index (χ3n) is 3.66. The van der Waals surface area contributed by atoms with Crippen molar-refractivity contribution < 1.29 is 27.1 Å². The number of oxime groups is 1. The van der Waals surface area contributed by atoms with E-state index in [1.165, 1.54) is 24.3 Å². The van der Waals surface area contributed by atoms with E-state index < -0.39 is 23.7 Å². The van der Waals surface area contributed by atoms with Crippen LogP contribution in [0.4, 0.5) is 17.6 Å². The molecular weight excluding hydrogens is 406 g/mol. The molecule has 0 N–H and O–H groups in total. The highest BCUT2D eigenvalue weighted by molar-refractivity contribution is 9.18. The maximum absolute atomic E-state index is 14.2. The second-order valence-corrected chi connectivity index (χ2v) is 6.45. The Labute approximate surface area is 149 Å². The van der Waals surface area contributed by atoms with E-state index in [4.69, 9.17) is 9.57 Å². The fourth-order valence-electron chi connectivity index (χ4n) is 2.40. The lowest BCUT2D eigenvalue weighted by Gasteiger charge is -2.15. The van der Waals surface area contributed by atoms with Crippen molar-refractivity contribution in [3.05, 3.63) is 58.9 Å². The Morgan fingerprint density at radius 1 is 1.24 bits per heavy atom. The maximum Gasteiger partial charge on any atom is 0.416 e. The zero-order valence-corrected chi connectivity index (χ0v) is 14.5. The lowest BCUT2D eigenvalue weighted by molar-refractivity contribution is -0.137. The molecule has 0 bridgehead atoms. The second-order valence-electron chi connectivity index (χ2n) is 5.53. The van der Waals surface area contributed by atoms with Gasteiger partial charge < -0.3 is 9.57 Å². The second kappa shape index (κ2) is 6.67. The van der Waals surface area contributed by atoms with Crippen molar-refractivity contribution in [1.29, 1.82) is 0 Å². The molecule has 3 rings (SSSR count). The third kappa shape index (κ3) is 3.95. The van der Waals surface area contributed by atoms with E-state index >= 15 is 0 Å². The van der Waals surface area contributed by atoms with Gasteiger partial charge in [-0.25, -0.2) is 4.39 Å². The summed E-state index contributed by atoms with van der Waals surface area (Å²) < 4.78 is 58.7. The number of nitrogens with zero attached hydrogens (tertiary/aromatic N) is 1. The average Bonchev–Trinajstić information content (AvgIpc) is 2.96. The van der Waals surface area contributed by atoms with Crippen LogP contribution in [0.2, 0.25) is 0 Å². The molecule has 0 radical (unpaired) electrons. The zero-order valence-electron chi connectivity index (χ0n) is 12.9. The van der Waals surface area contributed by atoms with Crippen molar-refractivity contribution >= 4 is 20.6 Å². The SMILES string of the molecule is Cc1cc(F)c([C@H]2CC(Br)=NO2)cc1Oc1cccc(C(F)(F)F)c1. The molecule has 2 aromatic rings. The summed E-state index contributed by atoms with van der Waals surface area (Å²) in [4.78, 5) is 5.14. The largest absolute Gasteiger partial charge is 0.457 e. The quantitative estimate of drug-likeness (QED) is 0.563. The van der Waals surface area contributed by atoms with E-state index in [1.807, 2.05) is 0 Å². The van der Waals surface area contributed by atoms with Crippen LogP contribution in [0.5, 0.6) is 11.5 Å². The van der Waals surface area contributed by atoms with E-state index in [0.29, 0.717) is 16.6 Å². The molecular formula is C17H12BrF4NO2. The summed E-state index contributed by atoms with van der Waals surface area (Å²) in [5.41, 5.74) is -0.135. The van der Waals surface area contributed by atoms with Gasteiger partial charge in [-0.3, -0.25) is 0 Å². The van der Waals surface area contributed by atoms with Gasteiger partial charge in [0.2, 0.25) is 0 Å². The van der Waals surface area contributed by atoms with Crippen LogP contribution in [0.25, 0.3) is 0 Å². The Bertz CT molecular complexity index is 836. The molecule has 1 heterocycles. The summed E-state index contributed by atoms with van der Waals surface area (Å²) >= 11 is 3.18. The number of rotatable bonds is 3. The standard InChI is InChI=1S/C17H12BrF4NO2/c1-9-5-13(19)12(15-8-16(18)23-25-15)7-14(9)24-11-4-2-3-10(6-11)17(20,21)22/h2-7,15H,8H2,1H3/t15-/m1/s1. The average molecular weight is 418 g/mol. The minimum Gasteiger partial charge on any atom is -0.457 e. The van der Waals surface area contributed by atoms with Crippen molar-refractivity contribution in [3.8, 4) is 11.5 Å². The van der Waals surface area contributed by atoms with Crippen LogP contribution in [-0.2, 0) is 11.0 Å². The van der Waals surface area contributed by atoms with E-state index in [2.05, 4.69) is 21.1 Å². The van der Waals surface area contributed by atoms with Gasteiger partial charge in [-0.15, -0.1) is 0 Å². The summed E-state index contributed by atoms with van der Waals surface area (Å²) in [5, 5.41) is 3.71. The van der Waals surface area contributed by atoms with Crippen molar-refractivity contribution in [3.63, 3.8) is 0 Å². The molecule has 2 aromatic carbocycles. The Kier molecular flexibility index (Phi) is 4.73. The predicted molar refractivity (Wildman–Crippen MR) is 87.5 cm³/mol. The van der Waals surface area contributed by atoms with Crippen LogP contribution in [-0.4, -0.2) is 4.62 Å². The molecule has 0 saturated heterocycles. The number of benzene rings is 2. The number of hydrogen-bond donors (Lipinski definition) is 0. The zero-order chi connectivity index (χ0) is 18.2. The van der Waals surface area contributed by atoms with E-state index in [0.717, 1.165) is 12.1 Å². The van der Waals surface area contributed by atoms with Gasteiger partial charge in [0.1, 0.15) is 21.9 Å². The molecule has 0 aromatic heterocycles. The highest BCUT2D eigenvalue weighted by atomic mass is 79.9. The molecule has 25 heavy (non-hydrogen) atoms. The van der Waals surface area contributed by atoms with E-state index in [9.17, 15) is 17.6 Å². The Hall–Kier alpha value is -2.09. The van der Waals surface area contributed by atoms with Crippen LogP contribution in [0, 0.1) is 12.7 Å². The number of hydrogen-bond acceptors (Lipinski definition) is 3. The first-order valence-electron chi connectivity index (χ1n) is 7.27. The Balaban J connectivity index is 1.90. The Morgan fingerprint density at radius 3 is 2.64 bits per heavy atom. The van der Waals surface area contributed by atoms with Crippen molar-refractivity contribution in [1.82, 2.24) is 0 Å². The lowest BCUT2D eigenvalue weighted by atomic mass is 10.0. The van der Waals surface area contributed by atoms with Gasteiger partial charge >= 0.3 is 6.18 Å². The van der Waals surface area contributed by atoms with Crippen LogP contribution < -0.4 is 4.74 Å². The summed E-state index contributed by atoms with van der Waals surface area (Å²) in [6, 6.07) is 7.20. The molecule has 3 nitrogen and oxygen atoms in total. The summed E-state index contributed by atoms with van der Waals surface area (Å²) in [7, 11) is 0. The number of halogens is 5. The highest BCUT2D eigenvalue weighted by Crippen LogP contribution is 2.37. The van der Waals surface area contributed by atoms with Crippen LogP contribution in [0.1, 0.15) is 29.2 Å². The molecule has 1 aliphatic heterocycles. The molecule has 1 atom stereocenters. The first-order valence-corrected chi connectivity index (χ1v) is 8.06. The van der Waals surface area contributed by atoms with Gasteiger partial charge in [-0.2, -0.15) is 13.2 Å². The Morgan fingerprint density at radius 2 is 2.00 bits per heavy atom. The topological polar surface area (TPSA) is 30.8 Å². The van der Waals surface area contributed by atoms with Gasteiger partial charge in [0.05, 0.1) is 5.56 Å². The van der Waals surface area contributed by atoms with Gasteiger partial charge in [0, 0.05) is 12.0 Å². The maximum atomic E-state index is 14.2. The molecule has 0 fully saturated rings. The first kappa shape index (κ1) is 17.7. The molecule has 1 aliphatic rings. The van der Waals surface area contributed by atoms with Crippen molar-refractivity contribution in [2.24, 2.45) is 5.16 Å². The van der Waals surface area contributed by atoms with E-state index in [1.54, 1.807) is 6.92 Å². The lowest BCUT2D eigenvalue weighted by Crippen LogP contribution is -2.05. The van der Waals surface area contributed by atoms with Crippen molar-refractivity contribution in [2.45, 2.75) is 25.6 Å². The smallest absolute Gasteiger partial charge is 0.416 e. The van der Waals surface area contributed by atoms with Gasteiger partial charge in [-0.1, -0.05) is 11.2 Å². The third-order valence-corrected chi connectivity index (χ3v) is 4.13. The number of ether oxygens (including phenoxy) is 1. The van der Waals surface area contributed by atoms with Gasteiger partial charge in [-0.05, 0) is 58.7 Å². The molecule has 0 unspecified atom stereocenters. The van der Waals surface area contributed by atoms with Gasteiger partial charge in [0.15, 0.2) is 6.10 Å². The minimum absolute atomic E-state index is 0.0141. The molecule has 0 saturated carbocycles. The molecule has 0 amide bonds. The first-order chi connectivity index (χ1) is 11.7. The number of alkyl halides is 3. The molecule has 132 valence electrons. The summed E-state index contributed by atoms with van der Waals surface area (Å²) in [6.45, 7) is 1.61. The van der Waals surface area contributed by atoms with Crippen molar-refractivity contribution in [2.75, 3.05) is 0 Å². The van der Waals surface area contributed by atoms with Gasteiger partial charge in [0.25, 0.3) is 0 Å². The predicted octanol–water partition coefficient (Wildman–Crippen LogP) is 6.12. The van der Waals surface area contributed by atoms with E-state index in [-0.39, 0.29) is 17.1 Å². The van der Waals surface area contributed by atoms with Crippen LogP contribution in [0.15, 0.2) is 41.6 Å². The normalized spacial score (nSPS) is 17.2. The van der Waals surface area contributed by atoms with Crippen LogP contribution >= 0.6 is 15.9 Å². The highest BCUT2D eigenvalue weighted by Gasteiger charge is 2.31. The fraction of sp³-hybridized carbons (Fsp3) is 0.235. The summed E-state index contributed by atoms with van der Waals surface area (Å²) in [5.74, 6) is -0.223. The monoisotopic (exact) mass is 417 g/mol. The fourth-order valence-corrected chi connectivity index (χ4v) is 2.78. The van der Waals surface area contributed by atoms with Crippen LogP contribution in [0.3, 0.4) is 0 Å². The molecule has 0 aliphatic carbocycles. The number of aryl methyl sites for hydroxylation is 1. The summed E-state index contributed by atoms with van der Waals surface area (Å²) in [6.07, 6.45) is -4.72. The molecule has 8 heteroatoms. The minimum atomic E-state index is -4.47.